The molecule has 0 atom stereocenters. The minimum atomic E-state index is 0.0915. The van der Waals surface area contributed by atoms with Gasteiger partial charge in [0.05, 0.1) is 43.0 Å². The van der Waals surface area contributed by atoms with Gasteiger partial charge in [-0.1, -0.05) is 6.08 Å². The average Bonchev–Trinajstić information content (AvgIpc) is 3.13. The van der Waals surface area contributed by atoms with Gasteiger partial charge in [0.15, 0.2) is 0 Å². The summed E-state index contributed by atoms with van der Waals surface area (Å²) in [4.78, 5) is 18.9. The molecule has 2 aromatic rings. The average molecular weight is 317 g/mol. The number of aryl methyl sites for hydroxylation is 1. The molecule has 22 heavy (non-hydrogen) atoms. The molecule has 0 spiro atoms. The second-order valence-corrected chi connectivity index (χ2v) is 6.01. The van der Waals surface area contributed by atoms with Crippen LogP contribution in [0.2, 0.25) is 0 Å². The number of carbonyl (C=O) groups is 1. The summed E-state index contributed by atoms with van der Waals surface area (Å²) in [6.45, 7) is 6.84. The van der Waals surface area contributed by atoms with Gasteiger partial charge in [-0.05, 0) is 17.9 Å². The van der Waals surface area contributed by atoms with Gasteiger partial charge >= 0.3 is 0 Å². The van der Waals surface area contributed by atoms with Gasteiger partial charge in [0.2, 0.25) is 0 Å². The lowest BCUT2D eigenvalue weighted by Crippen LogP contribution is -2.30. The zero-order chi connectivity index (χ0) is 15.4. The van der Waals surface area contributed by atoms with E-state index in [0.717, 1.165) is 36.5 Å². The topological polar surface area (TPSA) is 47.4 Å². The molecule has 1 aliphatic heterocycles. The van der Waals surface area contributed by atoms with E-state index in [0.29, 0.717) is 19.8 Å². The van der Waals surface area contributed by atoms with E-state index >= 15 is 0 Å². The van der Waals surface area contributed by atoms with Crippen LogP contribution in [0.25, 0.3) is 0 Å². The van der Waals surface area contributed by atoms with Crippen molar-refractivity contribution >= 4 is 17.2 Å². The van der Waals surface area contributed by atoms with Crippen molar-refractivity contribution in [3.05, 3.63) is 52.8 Å². The highest BCUT2D eigenvalue weighted by Gasteiger charge is 2.23. The molecule has 0 saturated carbocycles. The Morgan fingerprint density at radius 2 is 2.41 bits per heavy atom. The molecule has 5 nitrogen and oxygen atoms in total. The maximum absolute atomic E-state index is 12.6. The minimum absolute atomic E-state index is 0.0915. The number of carbonyl (C=O) groups excluding carboxylic acids is 1. The molecule has 0 bridgehead atoms. The first kappa shape index (κ1) is 15.0. The van der Waals surface area contributed by atoms with Crippen LogP contribution in [0.4, 0.5) is 0 Å². The molecule has 0 unspecified atom stereocenters. The van der Waals surface area contributed by atoms with Crippen molar-refractivity contribution in [1.29, 1.82) is 0 Å². The molecule has 0 aromatic carbocycles. The molecule has 0 aliphatic carbocycles. The van der Waals surface area contributed by atoms with Crippen molar-refractivity contribution in [2.75, 3.05) is 13.2 Å². The second kappa shape index (κ2) is 6.89. The Labute approximate surface area is 133 Å². The van der Waals surface area contributed by atoms with E-state index in [1.807, 2.05) is 28.1 Å². The van der Waals surface area contributed by atoms with Gasteiger partial charge in [-0.3, -0.25) is 4.79 Å². The lowest BCUT2D eigenvalue weighted by molar-refractivity contribution is 0.0744. The summed E-state index contributed by atoms with van der Waals surface area (Å²) in [5.74, 6) is 0.0915. The first-order chi connectivity index (χ1) is 10.8. The number of fused-ring (bicyclic) bond motifs is 1. The number of amides is 1. The van der Waals surface area contributed by atoms with Gasteiger partial charge in [-0.25, -0.2) is 4.98 Å². The van der Waals surface area contributed by atoms with Crippen molar-refractivity contribution < 1.29 is 9.53 Å². The number of hydrogen-bond donors (Lipinski definition) is 0. The lowest BCUT2D eigenvalue weighted by atomic mass is 10.2. The SMILES string of the molecule is C=CCOCc1ncn2c1CN(C(=O)c1ccsc1)CCC2. The Bertz CT molecular complexity index is 648. The molecule has 1 amide bonds. The number of nitrogens with zero attached hydrogens (tertiary/aromatic N) is 3. The monoisotopic (exact) mass is 317 g/mol. The summed E-state index contributed by atoms with van der Waals surface area (Å²) in [5, 5.41) is 3.84. The largest absolute Gasteiger partial charge is 0.371 e. The fourth-order valence-corrected chi connectivity index (χ4v) is 3.25. The van der Waals surface area contributed by atoms with Crippen LogP contribution in [-0.4, -0.2) is 33.5 Å². The Hall–Kier alpha value is -1.92. The van der Waals surface area contributed by atoms with Gasteiger partial charge in [0.25, 0.3) is 5.91 Å². The number of ether oxygens (including phenoxy) is 1. The number of thiophene rings is 1. The Balaban J connectivity index is 1.77. The van der Waals surface area contributed by atoms with Gasteiger partial charge in [-0.15, -0.1) is 6.58 Å². The van der Waals surface area contributed by atoms with Crippen LogP contribution in [0.1, 0.15) is 28.2 Å². The molecular formula is C16H19N3O2S. The minimum Gasteiger partial charge on any atom is -0.371 e. The maximum atomic E-state index is 12.6. The van der Waals surface area contributed by atoms with E-state index in [2.05, 4.69) is 16.1 Å². The smallest absolute Gasteiger partial charge is 0.255 e. The molecule has 0 saturated heterocycles. The van der Waals surface area contributed by atoms with Gasteiger partial charge in [-0.2, -0.15) is 11.3 Å². The number of aromatic nitrogens is 2. The highest BCUT2D eigenvalue weighted by molar-refractivity contribution is 7.08. The van der Waals surface area contributed by atoms with Crippen molar-refractivity contribution in [1.82, 2.24) is 14.5 Å². The Morgan fingerprint density at radius 3 is 3.18 bits per heavy atom. The van der Waals surface area contributed by atoms with Gasteiger partial charge in [0.1, 0.15) is 0 Å². The highest BCUT2D eigenvalue weighted by atomic mass is 32.1. The van der Waals surface area contributed by atoms with Crippen molar-refractivity contribution in [3.8, 4) is 0 Å². The summed E-state index contributed by atoms with van der Waals surface area (Å²) < 4.78 is 7.64. The lowest BCUT2D eigenvalue weighted by Gasteiger charge is -2.20. The molecule has 3 rings (SSSR count). The Kier molecular flexibility index (Phi) is 4.70. The van der Waals surface area contributed by atoms with Crippen LogP contribution >= 0.6 is 11.3 Å². The standard InChI is InChI=1S/C16H19N3O2S/c1-2-7-21-10-14-15-9-18(5-3-6-19(15)12-17-14)16(20)13-4-8-22-11-13/h2,4,8,11-12H,1,3,5-7,9-10H2. The van der Waals surface area contributed by atoms with Crippen molar-refractivity contribution in [2.24, 2.45) is 0 Å². The molecule has 6 heteroatoms. The molecule has 1 aliphatic rings. The van der Waals surface area contributed by atoms with Crippen LogP contribution in [0.15, 0.2) is 35.8 Å². The molecule has 2 aromatic heterocycles. The number of rotatable bonds is 5. The van der Waals surface area contributed by atoms with Crippen molar-refractivity contribution in [3.63, 3.8) is 0 Å². The van der Waals surface area contributed by atoms with Crippen LogP contribution in [-0.2, 0) is 24.4 Å². The number of imidazole rings is 1. The second-order valence-electron chi connectivity index (χ2n) is 5.23. The Morgan fingerprint density at radius 1 is 1.50 bits per heavy atom. The molecular weight excluding hydrogens is 298 g/mol. The maximum Gasteiger partial charge on any atom is 0.255 e. The third-order valence-electron chi connectivity index (χ3n) is 3.73. The van der Waals surface area contributed by atoms with E-state index in [9.17, 15) is 4.79 Å². The van der Waals surface area contributed by atoms with Gasteiger partial charge < -0.3 is 14.2 Å². The highest BCUT2D eigenvalue weighted by Crippen LogP contribution is 2.19. The predicted molar refractivity (Wildman–Crippen MR) is 85.8 cm³/mol. The zero-order valence-corrected chi connectivity index (χ0v) is 13.2. The quantitative estimate of drug-likeness (QED) is 0.629. The van der Waals surface area contributed by atoms with E-state index in [4.69, 9.17) is 4.74 Å². The fraction of sp³-hybridized carbons (Fsp3) is 0.375. The van der Waals surface area contributed by atoms with Gasteiger partial charge in [0, 0.05) is 18.5 Å². The summed E-state index contributed by atoms with van der Waals surface area (Å²) in [6, 6.07) is 1.88. The van der Waals surface area contributed by atoms with Crippen LogP contribution in [0.3, 0.4) is 0 Å². The van der Waals surface area contributed by atoms with Crippen LogP contribution < -0.4 is 0 Å². The van der Waals surface area contributed by atoms with E-state index < -0.39 is 0 Å². The normalized spacial score (nSPS) is 14.5. The van der Waals surface area contributed by atoms with Crippen LogP contribution in [0.5, 0.6) is 0 Å². The number of hydrogen-bond acceptors (Lipinski definition) is 4. The summed E-state index contributed by atoms with van der Waals surface area (Å²) in [5.41, 5.74) is 2.75. The predicted octanol–water partition coefficient (Wildman–Crippen LogP) is 2.69. The third-order valence-corrected chi connectivity index (χ3v) is 4.41. The first-order valence-corrected chi connectivity index (χ1v) is 8.27. The van der Waals surface area contributed by atoms with Crippen molar-refractivity contribution in [2.45, 2.75) is 26.1 Å². The van der Waals surface area contributed by atoms with Crippen LogP contribution in [0, 0.1) is 0 Å². The third kappa shape index (κ3) is 3.13. The summed E-state index contributed by atoms with van der Waals surface area (Å²) in [7, 11) is 0. The fourth-order valence-electron chi connectivity index (χ4n) is 2.62. The first-order valence-electron chi connectivity index (χ1n) is 7.32. The molecule has 0 fully saturated rings. The summed E-state index contributed by atoms with van der Waals surface area (Å²) >= 11 is 1.55. The van der Waals surface area contributed by atoms with E-state index in [-0.39, 0.29) is 5.91 Å². The zero-order valence-electron chi connectivity index (χ0n) is 12.4. The van der Waals surface area contributed by atoms with E-state index in [1.165, 1.54) is 0 Å². The molecule has 116 valence electrons. The molecule has 0 radical (unpaired) electrons. The molecule has 3 heterocycles. The summed E-state index contributed by atoms with van der Waals surface area (Å²) in [6.07, 6.45) is 4.51. The molecule has 0 N–H and O–H groups in total. The van der Waals surface area contributed by atoms with E-state index in [1.54, 1.807) is 17.4 Å².